The lowest BCUT2D eigenvalue weighted by molar-refractivity contribution is 0.753. The predicted molar refractivity (Wildman–Crippen MR) is 59.2 cm³/mol. The molecule has 0 atom stereocenters. The summed E-state index contributed by atoms with van der Waals surface area (Å²) in [6, 6.07) is 2.14. The largest absolute Gasteiger partial charge is 0.369 e. The molecule has 0 amide bonds. The summed E-state index contributed by atoms with van der Waals surface area (Å²) in [6.45, 7) is 2.59. The first-order valence-corrected chi connectivity index (χ1v) is 4.81. The average molecular weight is 202 g/mol. The summed E-state index contributed by atoms with van der Waals surface area (Å²) in [6.07, 6.45) is 6.79. The van der Waals surface area contributed by atoms with E-state index in [-0.39, 0.29) is 0 Å². The van der Waals surface area contributed by atoms with Gasteiger partial charge in [0.1, 0.15) is 17.5 Å². The molecule has 78 valence electrons. The molecular weight excluding hydrogens is 188 g/mol. The molecule has 4 nitrogen and oxygen atoms in total. The van der Waals surface area contributed by atoms with Gasteiger partial charge in [-0.1, -0.05) is 0 Å². The standard InChI is InChI=1S/C11H14N4/c1-4-5-6-7-13-11-10(8-12)9(2)14-15(11)3/h1,13H,5-7H2,2-3H3. The summed E-state index contributed by atoms with van der Waals surface area (Å²) in [7, 11) is 1.82. The molecule has 1 rings (SSSR count). The Kier molecular flexibility index (Phi) is 3.76. The summed E-state index contributed by atoms with van der Waals surface area (Å²) < 4.78 is 1.68. The van der Waals surface area contributed by atoms with Crippen LogP contribution in [0.1, 0.15) is 24.1 Å². The molecule has 0 unspecified atom stereocenters. The van der Waals surface area contributed by atoms with E-state index in [1.807, 2.05) is 14.0 Å². The maximum absolute atomic E-state index is 8.94. The average Bonchev–Trinajstić information content (AvgIpc) is 2.48. The Balaban J connectivity index is 2.69. The van der Waals surface area contributed by atoms with Crippen LogP contribution in [-0.2, 0) is 7.05 Å². The Hall–Kier alpha value is -1.94. The van der Waals surface area contributed by atoms with E-state index in [1.54, 1.807) is 4.68 Å². The SMILES string of the molecule is C#CCCCNc1c(C#N)c(C)nn1C. The first kappa shape index (κ1) is 11.1. The van der Waals surface area contributed by atoms with Crippen molar-refractivity contribution in [2.45, 2.75) is 19.8 Å². The molecule has 1 heterocycles. The number of unbranched alkanes of at least 4 members (excludes halogenated alkanes) is 1. The maximum Gasteiger partial charge on any atom is 0.142 e. The van der Waals surface area contributed by atoms with Gasteiger partial charge in [0, 0.05) is 20.0 Å². The fourth-order valence-corrected chi connectivity index (χ4v) is 1.39. The number of hydrogen-bond acceptors (Lipinski definition) is 3. The molecule has 0 aliphatic heterocycles. The van der Waals surface area contributed by atoms with Crippen LogP contribution in [0.5, 0.6) is 0 Å². The third kappa shape index (κ3) is 2.51. The normalized spacial score (nSPS) is 9.33. The molecule has 0 fully saturated rings. The van der Waals surface area contributed by atoms with Gasteiger partial charge in [-0.2, -0.15) is 10.4 Å². The Morgan fingerprint density at radius 3 is 2.93 bits per heavy atom. The molecule has 0 aliphatic rings. The summed E-state index contributed by atoms with van der Waals surface area (Å²) in [4.78, 5) is 0. The Morgan fingerprint density at radius 2 is 2.33 bits per heavy atom. The number of aryl methyl sites for hydroxylation is 2. The Bertz CT molecular complexity index is 417. The maximum atomic E-state index is 8.94. The van der Waals surface area contributed by atoms with Gasteiger partial charge in [0.05, 0.1) is 5.69 Å². The second kappa shape index (κ2) is 5.07. The van der Waals surface area contributed by atoms with Gasteiger partial charge < -0.3 is 5.32 Å². The number of terminal acetylenes is 1. The second-order valence-corrected chi connectivity index (χ2v) is 3.28. The van der Waals surface area contributed by atoms with Crippen molar-refractivity contribution < 1.29 is 0 Å². The highest BCUT2D eigenvalue weighted by atomic mass is 15.3. The monoisotopic (exact) mass is 202 g/mol. The van der Waals surface area contributed by atoms with E-state index < -0.39 is 0 Å². The van der Waals surface area contributed by atoms with E-state index >= 15 is 0 Å². The molecule has 0 saturated carbocycles. The molecule has 15 heavy (non-hydrogen) atoms. The summed E-state index contributed by atoms with van der Waals surface area (Å²) in [5.74, 6) is 3.35. The van der Waals surface area contributed by atoms with Crippen molar-refractivity contribution in [3.8, 4) is 18.4 Å². The fraction of sp³-hybridized carbons (Fsp3) is 0.455. The lowest BCUT2D eigenvalue weighted by Crippen LogP contribution is -2.07. The zero-order valence-corrected chi connectivity index (χ0v) is 9.04. The molecule has 0 bridgehead atoms. The minimum atomic E-state index is 0.609. The summed E-state index contributed by atoms with van der Waals surface area (Å²) >= 11 is 0. The van der Waals surface area contributed by atoms with Gasteiger partial charge in [-0.15, -0.1) is 12.3 Å². The van der Waals surface area contributed by atoms with Crippen LogP contribution >= 0.6 is 0 Å². The van der Waals surface area contributed by atoms with Crippen LogP contribution in [0.2, 0.25) is 0 Å². The molecule has 1 N–H and O–H groups in total. The van der Waals surface area contributed by atoms with Crippen LogP contribution in [-0.4, -0.2) is 16.3 Å². The first-order chi connectivity index (χ1) is 7.20. The Morgan fingerprint density at radius 1 is 1.60 bits per heavy atom. The van der Waals surface area contributed by atoms with E-state index in [0.717, 1.165) is 30.9 Å². The predicted octanol–water partition coefficient (Wildman–Crippen LogP) is 1.43. The fourth-order valence-electron chi connectivity index (χ4n) is 1.39. The zero-order valence-electron chi connectivity index (χ0n) is 9.04. The lowest BCUT2D eigenvalue weighted by Gasteiger charge is -2.05. The van der Waals surface area contributed by atoms with Gasteiger partial charge in [0.15, 0.2) is 0 Å². The van der Waals surface area contributed by atoms with E-state index in [4.69, 9.17) is 11.7 Å². The van der Waals surface area contributed by atoms with Gasteiger partial charge in [-0.3, -0.25) is 4.68 Å². The zero-order chi connectivity index (χ0) is 11.3. The van der Waals surface area contributed by atoms with E-state index in [1.165, 1.54) is 0 Å². The highest BCUT2D eigenvalue weighted by molar-refractivity contribution is 5.54. The quantitative estimate of drug-likeness (QED) is 0.593. The van der Waals surface area contributed by atoms with Gasteiger partial charge in [-0.25, -0.2) is 0 Å². The molecule has 1 aromatic rings. The van der Waals surface area contributed by atoms with Gasteiger partial charge in [-0.05, 0) is 13.3 Å². The molecule has 0 spiro atoms. The van der Waals surface area contributed by atoms with Crippen LogP contribution in [0.3, 0.4) is 0 Å². The third-order valence-corrected chi connectivity index (χ3v) is 2.12. The third-order valence-electron chi connectivity index (χ3n) is 2.12. The van der Waals surface area contributed by atoms with Gasteiger partial charge >= 0.3 is 0 Å². The molecule has 0 radical (unpaired) electrons. The molecule has 0 aromatic carbocycles. The highest BCUT2D eigenvalue weighted by Gasteiger charge is 2.11. The van der Waals surface area contributed by atoms with E-state index in [9.17, 15) is 0 Å². The molecule has 0 aliphatic carbocycles. The number of aromatic nitrogens is 2. The first-order valence-electron chi connectivity index (χ1n) is 4.81. The van der Waals surface area contributed by atoms with Crippen LogP contribution in [0.25, 0.3) is 0 Å². The Labute approximate surface area is 89.9 Å². The van der Waals surface area contributed by atoms with E-state index in [2.05, 4.69) is 22.4 Å². The van der Waals surface area contributed by atoms with Crippen molar-refractivity contribution in [1.82, 2.24) is 9.78 Å². The number of rotatable bonds is 4. The number of hydrogen-bond donors (Lipinski definition) is 1. The second-order valence-electron chi connectivity index (χ2n) is 3.28. The van der Waals surface area contributed by atoms with Crippen LogP contribution in [0.15, 0.2) is 0 Å². The summed E-state index contributed by atoms with van der Waals surface area (Å²) in [5.41, 5.74) is 1.36. The lowest BCUT2D eigenvalue weighted by atomic mass is 10.2. The van der Waals surface area contributed by atoms with Crippen molar-refractivity contribution in [3.63, 3.8) is 0 Å². The topological polar surface area (TPSA) is 53.6 Å². The van der Waals surface area contributed by atoms with Gasteiger partial charge in [0.25, 0.3) is 0 Å². The van der Waals surface area contributed by atoms with E-state index in [0.29, 0.717) is 5.56 Å². The van der Waals surface area contributed by atoms with Crippen molar-refractivity contribution in [2.24, 2.45) is 7.05 Å². The minimum absolute atomic E-state index is 0.609. The number of nitriles is 1. The molecule has 4 heteroatoms. The summed E-state index contributed by atoms with van der Waals surface area (Å²) in [5, 5.41) is 16.3. The number of nitrogens with one attached hydrogen (secondary N) is 1. The van der Waals surface area contributed by atoms with Gasteiger partial charge in [0.2, 0.25) is 0 Å². The highest BCUT2D eigenvalue weighted by Crippen LogP contribution is 2.16. The van der Waals surface area contributed by atoms with Crippen molar-refractivity contribution >= 4 is 5.82 Å². The number of nitrogens with zero attached hydrogens (tertiary/aromatic N) is 3. The van der Waals surface area contributed by atoms with Crippen molar-refractivity contribution in [3.05, 3.63) is 11.3 Å². The van der Waals surface area contributed by atoms with Crippen LogP contribution in [0.4, 0.5) is 5.82 Å². The molecular formula is C11H14N4. The van der Waals surface area contributed by atoms with Crippen LogP contribution in [0, 0.1) is 30.6 Å². The number of anilines is 1. The molecule has 0 saturated heterocycles. The smallest absolute Gasteiger partial charge is 0.142 e. The van der Waals surface area contributed by atoms with Crippen LogP contribution < -0.4 is 5.32 Å². The minimum Gasteiger partial charge on any atom is -0.369 e. The molecule has 1 aromatic heterocycles. The van der Waals surface area contributed by atoms with Crippen molar-refractivity contribution in [2.75, 3.05) is 11.9 Å². The van der Waals surface area contributed by atoms with Crippen molar-refractivity contribution in [1.29, 1.82) is 5.26 Å².